The normalized spacial score (nSPS) is 11.4. The summed E-state index contributed by atoms with van der Waals surface area (Å²) in [6, 6.07) is 13.4. The molecule has 0 bridgehead atoms. The zero-order valence-electron chi connectivity index (χ0n) is 19.6. The van der Waals surface area contributed by atoms with Gasteiger partial charge in [-0.05, 0) is 56.4 Å². The third-order valence-electron chi connectivity index (χ3n) is 5.55. The van der Waals surface area contributed by atoms with E-state index in [0.717, 1.165) is 17.7 Å². The highest BCUT2D eigenvalue weighted by molar-refractivity contribution is 5.95. The van der Waals surface area contributed by atoms with Crippen LogP contribution in [0.3, 0.4) is 0 Å². The van der Waals surface area contributed by atoms with Gasteiger partial charge in [0, 0.05) is 37.1 Å². The molecule has 0 radical (unpaired) electrons. The van der Waals surface area contributed by atoms with Gasteiger partial charge < -0.3 is 14.8 Å². The van der Waals surface area contributed by atoms with Crippen LogP contribution in [0.15, 0.2) is 59.5 Å². The molecule has 35 heavy (non-hydrogen) atoms. The van der Waals surface area contributed by atoms with E-state index >= 15 is 0 Å². The molecule has 0 aliphatic heterocycles. The molecule has 1 aromatic heterocycles. The number of benzene rings is 2. The van der Waals surface area contributed by atoms with E-state index in [0.29, 0.717) is 24.3 Å². The average Bonchev–Trinajstić information content (AvgIpc) is 2.80. The zero-order valence-corrected chi connectivity index (χ0v) is 19.6. The Morgan fingerprint density at radius 1 is 1.14 bits per heavy atom. The lowest BCUT2D eigenvalue weighted by atomic mass is 9.98. The van der Waals surface area contributed by atoms with E-state index in [9.17, 15) is 22.8 Å². The highest BCUT2D eigenvalue weighted by atomic mass is 19.4. The van der Waals surface area contributed by atoms with Crippen molar-refractivity contribution in [3.63, 3.8) is 0 Å². The lowest BCUT2D eigenvalue weighted by Gasteiger charge is -2.18. The van der Waals surface area contributed by atoms with Crippen molar-refractivity contribution >= 4 is 5.91 Å². The van der Waals surface area contributed by atoms with Crippen molar-refractivity contribution in [3.05, 3.63) is 92.9 Å². The van der Waals surface area contributed by atoms with Gasteiger partial charge >= 0.3 is 6.18 Å². The number of nitrogens with one attached hydrogen (secondary N) is 1. The van der Waals surface area contributed by atoms with E-state index in [2.05, 4.69) is 5.32 Å². The molecular formula is C26H25F3N4O2. The number of halogens is 3. The summed E-state index contributed by atoms with van der Waals surface area (Å²) < 4.78 is 41.7. The summed E-state index contributed by atoms with van der Waals surface area (Å²) in [7, 11) is 3.68. The van der Waals surface area contributed by atoms with Crippen LogP contribution in [-0.2, 0) is 12.7 Å². The topological polar surface area (TPSA) is 78.1 Å². The lowest BCUT2D eigenvalue weighted by molar-refractivity contribution is -0.137. The van der Waals surface area contributed by atoms with Crippen LogP contribution in [0, 0.1) is 18.3 Å². The summed E-state index contributed by atoms with van der Waals surface area (Å²) in [6.07, 6.45) is -3.15. The van der Waals surface area contributed by atoms with Crippen LogP contribution in [0.2, 0.25) is 0 Å². The van der Waals surface area contributed by atoms with E-state index < -0.39 is 23.1 Å². The Morgan fingerprint density at radius 3 is 2.43 bits per heavy atom. The van der Waals surface area contributed by atoms with Crippen LogP contribution in [-0.4, -0.2) is 42.6 Å². The first-order valence-corrected chi connectivity index (χ1v) is 10.8. The number of pyridine rings is 1. The summed E-state index contributed by atoms with van der Waals surface area (Å²) in [5.74, 6) is -0.598. The number of aromatic nitrogens is 1. The first-order chi connectivity index (χ1) is 16.5. The van der Waals surface area contributed by atoms with Gasteiger partial charge in [-0.2, -0.15) is 18.4 Å². The number of hydrogen-bond donors (Lipinski definition) is 1. The van der Waals surface area contributed by atoms with E-state index in [1.54, 1.807) is 35.8 Å². The van der Waals surface area contributed by atoms with Crippen molar-refractivity contribution in [1.29, 1.82) is 5.26 Å². The Balaban J connectivity index is 2.14. The molecule has 6 nitrogen and oxygen atoms in total. The Morgan fingerprint density at radius 2 is 1.83 bits per heavy atom. The van der Waals surface area contributed by atoms with Gasteiger partial charge in [-0.15, -0.1) is 0 Å². The quantitative estimate of drug-likeness (QED) is 0.551. The summed E-state index contributed by atoms with van der Waals surface area (Å²) in [5, 5.41) is 11.7. The molecule has 1 heterocycles. The fourth-order valence-electron chi connectivity index (χ4n) is 3.64. The molecule has 3 aromatic rings. The number of rotatable bonds is 7. The molecule has 0 saturated carbocycles. The molecule has 0 unspecified atom stereocenters. The van der Waals surface area contributed by atoms with E-state index in [1.807, 2.05) is 25.1 Å². The van der Waals surface area contributed by atoms with Gasteiger partial charge in [-0.1, -0.05) is 24.3 Å². The molecule has 9 heteroatoms. The maximum absolute atomic E-state index is 13.4. The molecular weight excluding hydrogens is 457 g/mol. The molecule has 2 aromatic carbocycles. The zero-order chi connectivity index (χ0) is 25.8. The van der Waals surface area contributed by atoms with Crippen molar-refractivity contribution in [2.75, 3.05) is 27.2 Å². The average molecular weight is 483 g/mol. The Hall–Kier alpha value is -3.90. The van der Waals surface area contributed by atoms with Crippen LogP contribution in [0.25, 0.3) is 11.1 Å². The SMILES string of the molecule is Cc1c(-c2cccc(C(F)(F)F)c2)c(=O)c(C(=O)NCCN(C)C)cn1Cc1ccc(C#N)cc1. The van der Waals surface area contributed by atoms with Crippen molar-refractivity contribution in [2.24, 2.45) is 0 Å². The number of carbonyl (C=O) groups is 1. The second kappa shape index (κ2) is 10.6. The molecule has 0 atom stereocenters. The molecule has 0 spiro atoms. The van der Waals surface area contributed by atoms with Gasteiger partial charge in [0.15, 0.2) is 0 Å². The highest BCUT2D eigenvalue weighted by Gasteiger charge is 2.31. The molecule has 1 amide bonds. The second-order valence-corrected chi connectivity index (χ2v) is 8.41. The van der Waals surface area contributed by atoms with Crippen LogP contribution in [0.4, 0.5) is 13.2 Å². The van der Waals surface area contributed by atoms with Gasteiger partial charge in [0.25, 0.3) is 5.91 Å². The minimum atomic E-state index is -4.58. The molecule has 182 valence electrons. The van der Waals surface area contributed by atoms with Crippen LogP contribution in [0.1, 0.15) is 32.7 Å². The van der Waals surface area contributed by atoms with Gasteiger partial charge in [-0.25, -0.2) is 0 Å². The Labute approximate surface area is 201 Å². The Kier molecular flexibility index (Phi) is 7.77. The molecule has 3 rings (SSSR count). The van der Waals surface area contributed by atoms with Gasteiger partial charge in [-0.3, -0.25) is 9.59 Å². The van der Waals surface area contributed by atoms with Crippen molar-refractivity contribution in [2.45, 2.75) is 19.6 Å². The minimum Gasteiger partial charge on any atom is -0.351 e. The number of hydrogen-bond acceptors (Lipinski definition) is 4. The van der Waals surface area contributed by atoms with Gasteiger partial charge in [0.05, 0.1) is 17.2 Å². The number of likely N-dealkylation sites (N-methyl/N-ethyl adjacent to an activating group) is 1. The predicted octanol–water partition coefficient (Wildman–Crippen LogP) is 4.05. The minimum absolute atomic E-state index is 0.0324. The maximum atomic E-state index is 13.4. The van der Waals surface area contributed by atoms with Crippen LogP contribution < -0.4 is 10.7 Å². The van der Waals surface area contributed by atoms with Crippen LogP contribution >= 0.6 is 0 Å². The third kappa shape index (κ3) is 6.16. The number of carbonyl (C=O) groups excluding carboxylic acids is 1. The largest absolute Gasteiger partial charge is 0.416 e. The maximum Gasteiger partial charge on any atom is 0.416 e. The fraction of sp³-hybridized carbons (Fsp3) is 0.269. The number of nitrogens with zero attached hydrogens (tertiary/aromatic N) is 3. The van der Waals surface area contributed by atoms with Crippen molar-refractivity contribution in [1.82, 2.24) is 14.8 Å². The second-order valence-electron chi connectivity index (χ2n) is 8.41. The summed E-state index contributed by atoms with van der Waals surface area (Å²) >= 11 is 0. The summed E-state index contributed by atoms with van der Waals surface area (Å²) in [6.45, 7) is 2.74. The standard InChI is InChI=1S/C26H25F3N4O2/c1-17-23(20-5-4-6-21(13-20)26(27,28)29)24(34)22(25(35)31-11-12-32(2)3)16-33(17)15-19-9-7-18(14-30)8-10-19/h4-10,13,16H,11-12,15H2,1-3H3,(H,31,35). The van der Waals surface area contributed by atoms with E-state index in [-0.39, 0.29) is 23.2 Å². The number of amides is 1. The van der Waals surface area contributed by atoms with E-state index in [4.69, 9.17) is 5.26 Å². The van der Waals surface area contributed by atoms with E-state index in [1.165, 1.54) is 18.3 Å². The number of nitriles is 1. The first kappa shape index (κ1) is 25.7. The first-order valence-electron chi connectivity index (χ1n) is 10.8. The summed E-state index contributed by atoms with van der Waals surface area (Å²) in [4.78, 5) is 28.1. The fourth-order valence-corrected chi connectivity index (χ4v) is 3.64. The van der Waals surface area contributed by atoms with Crippen molar-refractivity contribution in [3.8, 4) is 17.2 Å². The number of alkyl halides is 3. The molecule has 1 N–H and O–H groups in total. The predicted molar refractivity (Wildman–Crippen MR) is 127 cm³/mol. The highest BCUT2D eigenvalue weighted by Crippen LogP contribution is 2.32. The van der Waals surface area contributed by atoms with Gasteiger partial charge in [0.1, 0.15) is 5.56 Å². The van der Waals surface area contributed by atoms with Gasteiger partial charge in [0.2, 0.25) is 5.43 Å². The Bertz CT molecular complexity index is 1320. The third-order valence-corrected chi connectivity index (χ3v) is 5.55. The van der Waals surface area contributed by atoms with Crippen LogP contribution in [0.5, 0.6) is 0 Å². The lowest BCUT2D eigenvalue weighted by Crippen LogP contribution is -2.35. The summed E-state index contributed by atoms with van der Waals surface area (Å²) in [5.41, 5.74) is 0.136. The smallest absolute Gasteiger partial charge is 0.351 e. The molecule has 0 saturated heterocycles. The van der Waals surface area contributed by atoms with Crippen molar-refractivity contribution < 1.29 is 18.0 Å². The molecule has 0 aliphatic rings. The molecule has 0 aliphatic carbocycles. The molecule has 0 fully saturated rings. The monoisotopic (exact) mass is 482 g/mol.